The first kappa shape index (κ1) is 12.6. The Balaban J connectivity index is 1.75. The first-order valence-corrected chi connectivity index (χ1v) is 5.96. The van der Waals surface area contributed by atoms with Crippen LogP contribution in [-0.4, -0.2) is 49.6 Å². The lowest BCUT2D eigenvalue weighted by molar-refractivity contribution is -0.142. The Bertz CT molecular complexity index is 420. The van der Waals surface area contributed by atoms with E-state index < -0.39 is 0 Å². The summed E-state index contributed by atoms with van der Waals surface area (Å²) >= 11 is 0. The van der Waals surface area contributed by atoms with Crippen molar-refractivity contribution in [2.75, 3.05) is 32.8 Å². The van der Waals surface area contributed by atoms with Gasteiger partial charge in [0.05, 0.1) is 6.61 Å². The molecule has 5 nitrogen and oxygen atoms in total. The average Bonchev–Trinajstić information content (AvgIpc) is 2.42. The molecule has 1 saturated heterocycles. The monoisotopic (exact) mass is 248 g/mol. The van der Waals surface area contributed by atoms with Crippen LogP contribution in [0.25, 0.3) is 0 Å². The molecule has 2 rings (SSSR count). The van der Waals surface area contributed by atoms with Crippen LogP contribution < -0.4 is 5.32 Å². The predicted octanol–water partition coefficient (Wildman–Crippen LogP) is 0.275. The van der Waals surface area contributed by atoms with E-state index in [0.717, 1.165) is 0 Å². The molecular weight excluding hydrogens is 232 g/mol. The van der Waals surface area contributed by atoms with Gasteiger partial charge in [0.1, 0.15) is 6.61 Å². The van der Waals surface area contributed by atoms with Crippen LogP contribution in [0.15, 0.2) is 30.3 Å². The Morgan fingerprint density at radius 2 is 2.11 bits per heavy atom. The second-order valence-electron chi connectivity index (χ2n) is 4.06. The van der Waals surface area contributed by atoms with Crippen molar-refractivity contribution in [3.63, 3.8) is 0 Å². The fraction of sp³-hybridized carbons (Fsp3) is 0.385. The zero-order valence-corrected chi connectivity index (χ0v) is 10.1. The van der Waals surface area contributed by atoms with E-state index in [0.29, 0.717) is 31.8 Å². The highest BCUT2D eigenvalue weighted by Gasteiger charge is 2.17. The minimum absolute atomic E-state index is 0.0183. The molecule has 96 valence electrons. The van der Waals surface area contributed by atoms with Crippen molar-refractivity contribution in [3.05, 3.63) is 35.9 Å². The average molecular weight is 248 g/mol. The predicted molar refractivity (Wildman–Crippen MR) is 66.2 cm³/mol. The number of morpholine rings is 1. The fourth-order valence-corrected chi connectivity index (χ4v) is 1.78. The van der Waals surface area contributed by atoms with E-state index in [1.54, 1.807) is 17.0 Å². The highest BCUT2D eigenvalue weighted by molar-refractivity contribution is 5.94. The number of rotatable bonds is 4. The summed E-state index contributed by atoms with van der Waals surface area (Å²) in [7, 11) is 0. The number of carbonyl (C=O) groups is 2. The maximum atomic E-state index is 11.7. The molecule has 1 fully saturated rings. The molecule has 0 aromatic heterocycles. The van der Waals surface area contributed by atoms with Crippen molar-refractivity contribution >= 4 is 11.8 Å². The molecule has 1 aliphatic heterocycles. The smallest absolute Gasteiger partial charge is 0.251 e. The molecule has 0 atom stereocenters. The third kappa shape index (κ3) is 3.30. The van der Waals surface area contributed by atoms with Crippen LogP contribution in [0.5, 0.6) is 0 Å². The molecule has 18 heavy (non-hydrogen) atoms. The summed E-state index contributed by atoms with van der Waals surface area (Å²) in [4.78, 5) is 24.9. The lowest BCUT2D eigenvalue weighted by atomic mass is 10.2. The minimum atomic E-state index is -0.115. The lowest BCUT2D eigenvalue weighted by Crippen LogP contribution is -2.45. The molecule has 0 spiro atoms. The van der Waals surface area contributed by atoms with Crippen molar-refractivity contribution in [3.8, 4) is 0 Å². The standard InChI is InChI=1S/C13H16N2O3/c16-12-10-18-9-8-15(12)7-6-14-13(17)11-4-2-1-3-5-11/h1-5H,6-10H2,(H,14,17). The number of nitrogens with zero attached hydrogens (tertiary/aromatic N) is 1. The van der Waals surface area contributed by atoms with Crippen LogP contribution >= 0.6 is 0 Å². The number of carbonyl (C=O) groups excluding carboxylic acids is 2. The molecule has 0 bridgehead atoms. The van der Waals surface area contributed by atoms with Crippen LogP contribution in [0.1, 0.15) is 10.4 Å². The van der Waals surface area contributed by atoms with Crippen molar-refractivity contribution in [1.82, 2.24) is 10.2 Å². The van der Waals surface area contributed by atoms with Gasteiger partial charge in [-0.2, -0.15) is 0 Å². The van der Waals surface area contributed by atoms with Crippen LogP contribution in [0.3, 0.4) is 0 Å². The first-order valence-electron chi connectivity index (χ1n) is 5.96. The Kier molecular flexibility index (Phi) is 4.30. The quantitative estimate of drug-likeness (QED) is 0.832. The second-order valence-corrected chi connectivity index (χ2v) is 4.06. The number of ether oxygens (including phenoxy) is 1. The summed E-state index contributed by atoms with van der Waals surface area (Å²) in [6.07, 6.45) is 0. The number of nitrogens with one attached hydrogen (secondary N) is 1. The Hall–Kier alpha value is -1.88. The third-order valence-electron chi connectivity index (χ3n) is 2.79. The van der Waals surface area contributed by atoms with E-state index in [1.807, 2.05) is 18.2 Å². The number of benzene rings is 1. The zero-order chi connectivity index (χ0) is 12.8. The van der Waals surface area contributed by atoms with E-state index in [2.05, 4.69) is 5.32 Å². The van der Waals surface area contributed by atoms with Crippen LogP contribution in [-0.2, 0) is 9.53 Å². The second kappa shape index (κ2) is 6.16. The van der Waals surface area contributed by atoms with E-state index in [4.69, 9.17) is 4.74 Å². The Morgan fingerprint density at radius 3 is 2.83 bits per heavy atom. The molecule has 1 aromatic carbocycles. The van der Waals surface area contributed by atoms with Gasteiger partial charge in [-0.3, -0.25) is 9.59 Å². The maximum Gasteiger partial charge on any atom is 0.251 e. The summed E-state index contributed by atoms with van der Waals surface area (Å²) in [6.45, 7) is 2.30. The van der Waals surface area contributed by atoms with E-state index >= 15 is 0 Å². The van der Waals surface area contributed by atoms with Gasteiger partial charge in [0.15, 0.2) is 0 Å². The van der Waals surface area contributed by atoms with E-state index in [9.17, 15) is 9.59 Å². The SMILES string of the molecule is O=C(NCCN1CCOCC1=O)c1ccccc1. The minimum Gasteiger partial charge on any atom is -0.370 e. The molecule has 0 saturated carbocycles. The summed E-state index contributed by atoms with van der Waals surface area (Å²) in [5.41, 5.74) is 0.630. The lowest BCUT2D eigenvalue weighted by Gasteiger charge is -2.26. The molecule has 2 amide bonds. The number of amides is 2. The molecule has 1 aliphatic rings. The molecule has 5 heteroatoms. The normalized spacial score (nSPS) is 15.6. The highest BCUT2D eigenvalue weighted by Crippen LogP contribution is 1.99. The van der Waals surface area contributed by atoms with E-state index in [-0.39, 0.29) is 18.4 Å². The van der Waals surface area contributed by atoms with Gasteiger partial charge in [-0.15, -0.1) is 0 Å². The van der Waals surface area contributed by atoms with Gasteiger partial charge in [0, 0.05) is 25.2 Å². The summed E-state index contributed by atoms with van der Waals surface area (Å²) < 4.78 is 5.03. The van der Waals surface area contributed by atoms with Gasteiger partial charge in [0.25, 0.3) is 5.91 Å². The van der Waals surface area contributed by atoms with Crippen LogP contribution in [0, 0.1) is 0 Å². The number of hydrogen-bond acceptors (Lipinski definition) is 3. The summed E-state index contributed by atoms with van der Waals surface area (Å²) in [5, 5.41) is 2.79. The van der Waals surface area contributed by atoms with Crippen molar-refractivity contribution in [1.29, 1.82) is 0 Å². The van der Waals surface area contributed by atoms with E-state index in [1.165, 1.54) is 0 Å². The van der Waals surface area contributed by atoms with Gasteiger partial charge in [-0.05, 0) is 12.1 Å². The van der Waals surface area contributed by atoms with Crippen LogP contribution in [0.2, 0.25) is 0 Å². The van der Waals surface area contributed by atoms with Gasteiger partial charge < -0.3 is 15.0 Å². The molecule has 0 unspecified atom stereocenters. The molecule has 0 aliphatic carbocycles. The van der Waals surface area contributed by atoms with Gasteiger partial charge >= 0.3 is 0 Å². The van der Waals surface area contributed by atoms with Gasteiger partial charge in [-0.1, -0.05) is 18.2 Å². The molecule has 0 radical (unpaired) electrons. The maximum absolute atomic E-state index is 11.7. The zero-order valence-electron chi connectivity index (χ0n) is 10.1. The third-order valence-corrected chi connectivity index (χ3v) is 2.79. The molecule has 1 aromatic rings. The summed E-state index contributed by atoms with van der Waals surface area (Å²) in [5.74, 6) is -0.133. The fourth-order valence-electron chi connectivity index (χ4n) is 1.78. The van der Waals surface area contributed by atoms with Gasteiger partial charge in [-0.25, -0.2) is 0 Å². The molecular formula is C13H16N2O3. The van der Waals surface area contributed by atoms with Crippen molar-refractivity contribution in [2.24, 2.45) is 0 Å². The van der Waals surface area contributed by atoms with Crippen molar-refractivity contribution in [2.45, 2.75) is 0 Å². The highest BCUT2D eigenvalue weighted by atomic mass is 16.5. The first-order chi connectivity index (χ1) is 8.77. The Labute approximate surface area is 106 Å². The molecule has 1 heterocycles. The molecule has 1 N–H and O–H groups in total. The Morgan fingerprint density at radius 1 is 1.33 bits per heavy atom. The summed E-state index contributed by atoms with van der Waals surface area (Å²) in [6, 6.07) is 9.02. The largest absolute Gasteiger partial charge is 0.370 e. The van der Waals surface area contributed by atoms with Gasteiger partial charge in [0.2, 0.25) is 5.91 Å². The topological polar surface area (TPSA) is 58.6 Å². The van der Waals surface area contributed by atoms with Crippen LogP contribution in [0.4, 0.5) is 0 Å². The van der Waals surface area contributed by atoms with Crippen molar-refractivity contribution < 1.29 is 14.3 Å². The number of hydrogen-bond donors (Lipinski definition) is 1.